The zero-order chi connectivity index (χ0) is 18.8. The van der Waals surface area contributed by atoms with Crippen LogP contribution in [-0.2, 0) is 6.54 Å². The molecule has 0 aliphatic heterocycles. The van der Waals surface area contributed by atoms with E-state index in [2.05, 4.69) is 4.98 Å². The number of pyridine rings is 1. The second-order valence-electron chi connectivity index (χ2n) is 6.20. The first-order valence-electron chi connectivity index (χ1n) is 8.01. The summed E-state index contributed by atoms with van der Waals surface area (Å²) in [6.45, 7) is 0.387. The van der Waals surface area contributed by atoms with E-state index in [1.54, 1.807) is 30.1 Å². The molecular formula is C18H19N5O3. The molecule has 2 aromatic heterocycles. The molecule has 2 heterocycles. The van der Waals surface area contributed by atoms with Crippen LogP contribution in [0.1, 0.15) is 5.56 Å². The molecule has 3 aromatic rings. The van der Waals surface area contributed by atoms with Gasteiger partial charge < -0.3 is 9.80 Å². The average Bonchev–Trinajstić information content (AvgIpc) is 2.61. The lowest BCUT2D eigenvalue weighted by atomic mass is 10.2. The lowest BCUT2D eigenvalue weighted by Gasteiger charge is -2.20. The molecule has 8 nitrogen and oxygen atoms in total. The van der Waals surface area contributed by atoms with Crippen molar-refractivity contribution in [2.24, 2.45) is 0 Å². The Morgan fingerprint density at radius 1 is 1.15 bits per heavy atom. The van der Waals surface area contributed by atoms with E-state index in [-0.39, 0.29) is 5.82 Å². The fourth-order valence-electron chi connectivity index (χ4n) is 2.78. The standard InChI is InChI=1S/C18H19N5O3/c1-20(2)14-8-6-7-13(11-14)12-21(3)17-16(23(25)26)18(24)22-10-5-4-9-15(22)19-17/h4-11H,12H2,1-3H3. The Bertz CT molecular complexity index is 1030. The minimum Gasteiger partial charge on any atom is -0.378 e. The van der Waals surface area contributed by atoms with Crippen molar-refractivity contribution in [3.05, 3.63) is 74.7 Å². The van der Waals surface area contributed by atoms with Crippen LogP contribution in [0.3, 0.4) is 0 Å². The summed E-state index contributed by atoms with van der Waals surface area (Å²) in [4.78, 5) is 31.3. The summed E-state index contributed by atoms with van der Waals surface area (Å²) < 4.78 is 1.18. The van der Waals surface area contributed by atoms with Gasteiger partial charge in [0.2, 0.25) is 5.82 Å². The molecule has 0 fully saturated rings. The van der Waals surface area contributed by atoms with E-state index in [1.807, 2.05) is 43.3 Å². The molecule has 0 aliphatic rings. The second-order valence-corrected chi connectivity index (χ2v) is 6.20. The first-order chi connectivity index (χ1) is 12.4. The highest BCUT2D eigenvalue weighted by Crippen LogP contribution is 2.24. The SMILES string of the molecule is CN(C)c1cccc(CN(C)c2nc3ccccn3c(=O)c2[N+](=O)[O-])c1. The van der Waals surface area contributed by atoms with Gasteiger partial charge in [-0.1, -0.05) is 18.2 Å². The summed E-state index contributed by atoms with van der Waals surface area (Å²) in [5, 5.41) is 11.5. The highest BCUT2D eigenvalue weighted by Gasteiger charge is 2.26. The third-order valence-corrected chi connectivity index (χ3v) is 4.08. The van der Waals surface area contributed by atoms with Gasteiger partial charge in [0.25, 0.3) is 0 Å². The van der Waals surface area contributed by atoms with Gasteiger partial charge in [0.15, 0.2) is 0 Å². The third-order valence-electron chi connectivity index (χ3n) is 4.08. The van der Waals surface area contributed by atoms with Crippen molar-refractivity contribution >= 4 is 22.8 Å². The minimum atomic E-state index is -0.690. The molecule has 0 unspecified atom stereocenters. The maximum atomic E-state index is 12.5. The van der Waals surface area contributed by atoms with Gasteiger partial charge in [0, 0.05) is 39.6 Å². The van der Waals surface area contributed by atoms with Crippen LogP contribution in [0.5, 0.6) is 0 Å². The van der Waals surface area contributed by atoms with Gasteiger partial charge in [-0.05, 0) is 29.8 Å². The Labute approximate surface area is 150 Å². The molecular weight excluding hydrogens is 334 g/mol. The highest BCUT2D eigenvalue weighted by molar-refractivity contribution is 5.61. The summed E-state index contributed by atoms with van der Waals surface area (Å²) >= 11 is 0. The topological polar surface area (TPSA) is 84.0 Å². The van der Waals surface area contributed by atoms with Crippen LogP contribution in [0.4, 0.5) is 17.2 Å². The number of nitrogens with zero attached hydrogens (tertiary/aromatic N) is 5. The van der Waals surface area contributed by atoms with Gasteiger partial charge in [-0.25, -0.2) is 4.98 Å². The number of hydrogen-bond acceptors (Lipinski definition) is 6. The van der Waals surface area contributed by atoms with Gasteiger partial charge in [-0.2, -0.15) is 0 Å². The van der Waals surface area contributed by atoms with E-state index in [0.717, 1.165) is 11.3 Å². The van der Waals surface area contributed by atoms with Crippen LogP contribution < -0.4 is 15.4 Å². The molecule has 0 saturated heterocycles. The molecule has 0 spiro atoms. The predicted molar refractivity (Wildman–Crippen MR) is 101 cm³/mol. The summed E-state index contributed by atoms with van der Waals surface area (Å²) in [6, 6.07) is 12.9. The number of rotatable bonds is 5. The number of anilines is 2. The first-order valence-corrected chi connectivity index (χ1v) is 8.01. The van der Waals surface area contributed by atoms with Gasteiger partial charge in [0.1, 0.15) is 5.65 Å². The lowest BCUT2D eigenvalue weighted by molar-refractivity contribution is -0.385. The molecule has 3 rings (SSSR count). The van der Waals surface area contributed by atoms with Crippen LogP contribution in [0, 0.1) is 10.1 Å². The highest BCUT2D eigenvalue weighted by atomic mass is 16.6. The molecule has 26 heavy (non-hydrogen) atoms. The fraction of sp³-hybridized carbons (Fsp3) is 0.222. The molecule has 134 valence electrons. The largest absolute Gasteiger partial charge is 0.378 e. The fourth-order valence-corrected chi connectivity index (χ4v) is 2.78. The van der Waals surface area contributed by atoms with Crippen LogP contribution in [0.2, 0.25) is 0 Å². The zero-order valence-electron chi connectivity index (χ0n) is 14.8. The summed E-state index contributed by atoms with van der Waals surface area (Å²) in [5.41, 5.74) is 1.14. The van der Waals surface area contributed by atoms with Crippen molar-refractivity contribution in [3.63, 3.8) is 0 Å². The predicted octanol–water partition coefficient (Wildman–Crippen LogP) is 2.31. The second kappa shape index (κ2) is 6.83. The van der Waals surface area contributed by atoms with Crippen molar-refractivity contribution in [1.29, 1.82) is 0 Å². The van der Waals surface area contributed by atoms with Crippen LogP contribution in [-0.4, -0.2) is 35.5 Å². The molecule has 0 amide bonds. The Kier molecular flexibility index (Phi) is 4.57. The molecule has 1 aromatic carbocycles. The van der Waals surface area contributed by atoms with Crippen LogP contribution in [0.25, 0.3) is 5.65 Å². The lowest BCUT2D eigenvalue weighted by Crippen LogP contribution is -2.26. The Morgan fingerprint density at radius 2 is 1.92 bits per heavy atom. The van der Waals surface area contributed by atoms with E-state index in [9.17, 15) is 14.9 Å². The minimum absolute atomic E-state index is 0.0569. The van der Waals surface area contributed by atoms with Crippen molar-refractivity contribution in [2.45, 2.75) is 6.54 Å². The van der Waals surface area contributed by atoms with E-state index in [4.69, 9.17) is 0 Å². The maximum Gasteiger partial charge on any atom is 0.376 e. The summed E-state index contributed by atoms with van der Waals surface area (Å²) in [7, 11) is 5.58. The van der Waals surface area contributed by atoms with Crippen molar-refractivity contribution in [1.82, 2.24) is 9.38 Å². The number of fused-ring (bicyclic) bond motifs is 1. The molecule has 0 aliphatic carbocycles. The van der Waals surface area contributed by atoms with E-state index in [0.29, 0.717) is 12.2 Å². The van der Waals surface area contributed by atoms with E-state index < -0.39 is 16.2 Å². The zero-order valence-corrected chi connectivity index (χ0v) is 14.8. The number of hydrogen-bond donors (Lipinski definition) is 0. The average molecular weight is 353 g/mol. The number of nitro groups is 1. The molecule has 0 N–H and O–H groups in total. The number of aromatic nitrogens is 2. The van der Waals surface area contributed by atoms with Crippen LogP contribution in [0.15, 0.2) is 53.5 Å². The van der Waals surface area contributed by atoms with E-state index >= 15 is 0 Å². The Balaban J connectivity index is 2.06. The Hall–Kier alpha value is -3.42. The molecule has 8 heteroatoms. The quantitative estimate of drug-likeness (QED) is 0.517. The summed E-state index contributed by atoms with van der Waals surface area (Å²) in [6.07, 6.45) is 1.47. The van der Waals surface area contributed by atoms with Gasteiger partial charge >= 0.3 is 11.2 Å². The van der Waals surface area contributed by atoms with Gasteiger partial charge in [0.05, 0.1) is 4.92 Å². The molecule has 0 atom stereocenters. The normalized spacial score (nSPS) is 10.7. The molecule has 0 radical (unpaired) electrons. The van der Waals surface area contributed by atoms with Gasteiger partial charge in [-0.15, -0.1) is 0 Å². The monoisotopic (exact) mass is 353 g/mol. The Morgan fingerprint density at radius 3 is 2.62 bits per heavy atom. The van der Waals surface area contributed by atoms with Crippen LogP contribution >= 0.6 is 0 Å². The van der Waals surface area contributed by atoms with Gasteiger partial charge in [-0.3, -0.25) is 19.3 Å². The number of benzene rings is 1. The molecule has 0 bridgehead atoms. The smallest absolute Gasteiger partial charge is 0.376 e. The first kappa shape index (κ1) is 17.4. The van der Waals surface area contributed by atoms with Crippen molar-refractivity contribution < 1.29 is 4.92 Å². The van der Waals surface area contributed by atoms with Crippen molar-refractivity contribution in [3.8, 4) is 0 Å². The third kappa shape index (κ3) is 3.21. The van der Waals surface area contributed by atoms with Crippen molar-refractivity contribution in [2.75, 3.05) is 30.9 Å². The molecule has 0 saturated carbocycles. The maximum absolute atomic E-state index is 12.5. The summed E-state index contributed by atoms with van der Waals surface area (Å²) in [5.74, 6) is 0.0569. The van der Waals surface area contributed by atoms with E-state index in [1.165, 1.54) is 10.6 Å².